The number of ether oxygens (including phenoxy) is 1. The lowest BCUT2D eigenvalue weighted by Crippen LogP contribution is -2.21. The normalized spacial score (nSPS) is 14.7. The Balaban J connectivity index is 1.73. The predicted molar refractivity (Wildman–Crippen MR) is 136 cm³/mol. The van der Waals surface area contributed by atoms with E-state index in [1.807, 2.05) is 30.3 Å². The van der Waals surface area contributed by atoms with Gasteiger partial charge in [0.05, 0.1) is 24.1 Å². The van der Waals surface area contributed by atoms with Gasteiger partial charge >= 0.3 is 10.1 Å². The molecule has 0 aromatic heterocycles. The van der Waals surface area contributed by atoms with Crippen LogP contribution >= 0.6 is 0 Å². The summed E-state index contributed by atoms with van der Waals surface area (Å²) in [6.45, 7) is 5.53. The van der Waals surface area contributed by atoms with Crippen LogP contribution < -0.4 is 13.9 Å². The van der Waals surface area contributed by atoms with Gasteiger partial charge in [-0.15, -0.1) is 6.58 Å². The van der Waals surface area contributed by atoms with Gasteiger partial charge in [0.15, 0.2) is 11.5 Å². The van der Waals surface area contributed by atoms with Gasteiger partial charge in [-0.3, -0.25) is 4.79 Å². The summed E-state index contributed by atoms with van der Waals surface area (Å²) in [4.78, 5) is 13.1. The van der Waals surface area contributed by atoms with Crippen LogP contribution in [0, 0.1) is 0 Å². The van der Waals surface area contributed by atoms with E-state index >= 15 is 0 Å². The topological polar surface area (TPSA) is 85.3 Å². The van der Waals surface area contributed by atoms with Gasteiger partial charge in [-0.05, 0) is 61.4 Å². The van der Waals surface area contributed by atoms with Gasteiger partial charge in [-0.1, -0.05) is 42.5 Å². The van der Waals surface area contributed by atoms with E-state index < -0.39 is 10.1 Å². The highest BCUT2D eigenvalue weighted by atomic mass is 32.2. The van der Waals surface area contributed by atoms with E-state index in [1.54, 1.807) is 49.4 Å². The van der Waals surface area contributed by atoms with Crippen molar-refractivity contribution < 1.29 is 22.1 Å². The number of nitrogens with zero attached hydrogens (tertiary/aromatic N) is 2. The Hall–Kier alpha value is -4.17. The van der Waals surface area contributed by atoms with Crippen molar-refractivity contribution in [1.29, 1.82) is 0 Å². The minimum atomic E-state index is -4.09. The lowest BCUT2D eigenvalue weighted by Gasteiger charge is -2.16. The Labute approximate surface area is 204 Å². The highest BCUT2D eigenvalue weighted by molar-refractivity contribution is 7.87. The van der Waals surface area contributed by atoms with Crippen molar-refractivity contribution in [2.24, 2.45) is 5.10 Å². The molecule has 3 aromatic rings. The quantitative estimate of drug-likeness (QED) is 0.253. The predicted octanol–water partition coefficient (Wildman–Crippen LogP) is 5.00. The summed E-state index contributed by atoms with van der Waals surface area (Å²) in [6, 6.07) is 20.4. The molecule has 4 rings (SSSR count). The maximum atomic E-state index is 13.1. The Morgan fingerprint density at radius 3 is 2.31 bits per heavy atom. The molecule has 1 aliphatic rings. The average molecular weight is 489 g/mol. The molecule has 3 aromatic carbocycles. The number of carbonyl (C=O) groups excluding carboxylic acids is 1. The highest BCUT2D eigenvalue weighted by Crippen LogP contribution is 2.37. The van der Waals surface area contributed by atoms with E-state index in [9.17, 15) is 13.2 Å². The van der Waals surface area contributed by atoms with Crippen molar-refractivity contribution in [3.63, 3.8) is 0 Å². The van der Waals surface area contributed by atoms with Gasteiger partial charge in [0, 0.05) is 5.56 Å². The highest BCUT2D eigenvalue weighted by Gasteiger charge is 2.29. The van der Waals surface area contributed by atoms with Crippen LogP contribution in [0.25, 0.3) is 6.08 Å². The first kappa shape index (κ1) is 24.0. The summed E-state index contributed by atoms with van der Waals surface area (Å²) in [6.07, 6.45) is 3.66. The minimum absolute atomic E-state index is 0.0298. The lowest BCUT2D eigenvalue weighted by molar-refractivity contribution is -0.114. The van der Waals surface area contributed by atoms with Crippen molar-refractivity contribution in [2.45, 2.75) is 18.2 Å². The summed E-state index contributed by atoms with van der Waals surface area (Å²) in [5, 5.41) is 5.75. The molecule has 0 bridgehead atoms. The van der Waals surface area contributed by atoms with Crippen molar-refractivity contribution in [1.82, 2.24) is 0 Å². The number of hydrogen-bond acceptors (Lipinski definition) is 6. The van der Waals surface area contributed by atoms with Crippen LogP contribution in [0.5, 0.6) is 11.5 Å². The molecule has 0 saturated heterocycles. The van der Waals surface area contributed by atoms with Crippen LogP contribution in [-0.2, 0) is 21.3 Å². The second-order valence-corrected chi connectivity index (χ2v) is 9.30. The van der Waals surface area contributed by atoms with Crippen molar-refractivity contribution in [3.05, 3.63) is 102 Å². The molecule has 0 N–H and O–H groups in total. The van der Waals surface area contributed by atoms with Gasteiger partial charge in [0.2, 0.25) is 0 Å². The van der Waals surface area contributed by atoms with Crippen molar-refractivity contribution >= 4 is 33.5 Å². The smallest absolute Gasteiger partial charge is 0.339 e. The second-order valence-electron chi connectivity index (χ2n) is 7.75. The summed E-state index contributed by atoms with van der Waals surface area (Å²) in [5.41, 5.74) is 2.84. The third kappa shape index (κ3) is 5.02. The molecular weight excluding hydrogens is 464 g/mol. The fraction of sp³-hybridized carbons (Fsp3) is 0.111. The van der Waals surface area contributed by atoms with Crippen molar-refractivity contribution in [2.75, 3.05) is 12.1 Å². The Kier molecular flexibility index (Phi) is 6.84. The van der Waals surface area contributed by atoms with E-state index in [0.717, 1.165) is 0 Å². The summed E-state index contributed by atoms with van der Waals surface area (Å²) in [7, 11) is -2.66. The number of anilines is 1. The fourth-order valence-corrected chi connectivity index (χ4v) is 4.66. The van der Waals surface area contributed by atoms with Gasteiger partial charge in [0.1, 0.15) is 4.90 Å². The molecule has 8 heteroatoms. The van der Waals surface area contributed by atoms with E-state index in [4.69, 9.17) is 8.92 Å². The zero-order chi connectivity index (χ0) is 25.0. The minimum Gasteiger partial charge on any atom is -0.493 e. The molecule has 0 fully saturated rings. The van der Waals surface area contributed by atoms with Crippen LogP contribution in [0.3, 0.4) is 0 Å². The SMILES string of the molecule is C=CCc1cc(/C=C2/C(=O)N(c3ccccc3)N=C2C)cc(OC)c1OS(=O)(=O)c1ccccc1. The number of hydrazone groups is 1. The van der Waals surface area contributed by atoms with Gasteiger partial charge in [-0.25, -0.2) is 0 Å². The summed E-state index contributed by atoms with van der Waals surface area (Å²) in [5.74, 6) is 0.0352. The third-order valence-electron chi connectivity index (χ3n) is 5.34. The molecule has 178 valence electrons. The number of para-hydroxylation sites is 1. The standard InChI is InChI=1S/C27H24N2O5S/c1-4-11-21-16-20(17-24-19(2)28-29(27(24)30)22-12-7-5-8-13-22)18-25(33-3)26(21)34-35(31,32)23-14-9-6-10-15-23/h4-10,12-18H,1,11H2,2-3H3/b24-17+. The lowest BCUT2D eigenvalue weighted by atomic mass is 10.0. The summed E-state index contributed by atoms with van der Waals surface area (Å²) < 4.78 is 36.7. The van der Waals surface area contributed by atoms with Crippen LogP contribution in [0.15, 0.2) is 101 Å². The van der Waals surface area contributed by atoms with Crippen molar-refractivity contribution in [3.8, 4) is 11.5 Å². The molecule has 35 heavy (non-hydrogen) atoms. The van der Waals surface area contributed by atoms with Gasteiger partial charge in [-0.2, -0.15) is 18.5 Å². The molecule has 1 amide bonds. The fourth-order valence-electron chi connectivity index (χ4n) is 3.66. The van der Waals surface area contributed by atoms with Gasteiger partial charge in [0.25, 0.3) is 5.91 Å². The monoisotopic (exact) mass is 488 g/mol. The molecule has 1 aliphatic heterocycles. The van der Waals surface area contributed by atoms with Gasteiger partial charge < -0.3 is 8.92 Å². The molecule has 7 nitrogen and oxygen atoms in total. The van der Waals surface area contributed by atoms with Crippen LogP contribution in [0.4, 0.5) is 5.69 Å². The first-order valence-corrected chi connectivity index (χ1v) is 12.2. The average Bonchev–Trinajstić information content (AvgIpc) is 3.15. The zero-order valence-electron chi connectivity index (χ0n) is 19.3. The van der Waals surface area contributed by atoms with Crippen LogP contribution in [0.1, 0.15) is 18.1 Å². The Morgan fingerprint density at radius 2 is 1.69 bits per heavy atom. The number of benzene rings is 3. The number of hydrogen-bond donors (Lipinski definition) is 0. The molecule has 0 aliphatic carbocycles. The molecule has 0 spiro atoms. The van der Waals surface area contributed by atoms with E-state index in [-0.39, 0.29) is 22.3 Å². The maximum absolute atomic E-state index is 13.1. The molecule has 0 atom stereocenters. The van der Waals surface area contributed by atoms with E-state index in [1.165, 1.54) is 24.3 Å². The molecule has 0 saturated carbocycles. The van der Waals surface area contributed by atoms with Crippen LogP contribution in [-0.4, -0.2) is 27.1 Å². The number of methoxy groups -OCH3 is 1. The zero-order valence-corrected chi connectivity index (χ0v) is 20.2. The third-order valence-corrected chi connectivity index (χ3v) is 6.57. The molecular formula is C27H24N2O5S. The largest absolute Gasteiger partial charge is 0.493 e. The van der Waals surface area contributed by atoms with E-state index in [2.05, 4.69) is 11.7 Å². The number of carbonyl (C=O) groups is 1. The Bertz CT molecular complexity index is 1430. The van der Waals surface area contributed by atoms with Crippen LogP contribution in [0.2, 0.25) is 0 Å². The first-order chi connectivity index (χ1) is 16.8. The number of rotatable bonds is 8. The second kappa shape index (κ2) is 9.99. The summed E-state index contributed by atoms with van der Waals surface area (Å²) >= 11 is 0. The molecule has 0 unspecified atom stereocenters. The maximum Gasteiger partial charge on any atom is 0.339 e. The Morgan fingerprint density at radius 1 is 1.03 bits per heavy atom. The molecule has 0 radical (unpaired) electrons. The molecule has 1 heterocycles. The number of amides is 1. The number of allylic oxidation sites excluding steroid dienone is 1. The first-order valence-electron chi connectivity index (χ1n) is 10.8. The van der Waals surface area contributed by atoms with E-state index in [0.29, 0.717) is 34.5 Å².